The summed E-state index contributed by atoms with van der Waals surface area (Å²) in [5, 5.41) is 0. The minimum Gasteiger partial charge on any atom is -0.384 e. The first kappa shape index (κ1) is 19.9. The van der Waals surface area contributed by atoms with Crippen LogP contribution in [0.1, 0.15) is 15.9 Å². The van der Waals surface area contributed by atoms with Crippen molar-refractivity contribution in [2.24, 2.45) is 0 Å². The highest BCUT2D eigenvalue weighted by molar-refractivity contribution is 9.10. The molecule has 1 aromatic carbocycles. The number of H-pyrrole nitrogens is 1. The number of aryl methyl sites for hydroxylation is 1. The molecule has 0 aliphatic rings. The number of hydrogen-bond acceptors (Lipinski definition) is 6. The van der Waals surface area contributed by atoms with Crippen molar-refractivity contribution in [2.45, 2.75) is 13.5 Å². The molecule has 0 spiro atoms. The number of nitrogen functional groups attached to an aromatic ring is 1. The summed E-state index contributed by atoms with van der Waals surface area (Å²) in [6, 6.07) is 5.67. The molecular formula is C17H21BrN4O4. The van der Waals surface area contributed by atoms with Crippen LogP contribution in [0, 0.1) is 6.92 Å². The molecule has 0 aliphatic carbocycles. The van der Waals surface area contributed by atoms with Gasteiger partial charge in [-0.05, 0) is 30.7 Å². The highest BCUT2D eigenvalue weighted by Gasteiger charge is 2.20. The average molecular weight is 425 g/mol. The minimum atomic E-state index is -0.786. The molecule has 0 saturated heterocycles. The Hall–Kier alpha value is -2.39. The zero-order valence-electron chi connectivity index (χ0n) is 14.8. The number of likely N-dealkylation sites (N-methyl/N-ethyl adjacent to an activating group) is 1. The predicted molar refractivity (Wildman–Crippen MR) is 104 cm³/mol. The van der Waals surface area contributed by atoms with Crippen LogP contribution in [0.25, 0.3) is 0 Å². The molecule has 3 N–H and O–H groups in total. The summed E-state index contributed by atoms with van der Waals surface area (Å²) in [7, 11) is 3.22. The minimum absolute atomic E-state index is 0.0587. The molecule has 1 heterocycles. The SMILES string of the molecule is COCCn1c(N)c(C(=O)CN(C)c2ccc(Br)c(C)c2)c(=O)[nH]c1=O. The highest BCUT2D eigenvalue weighted by atomic mass is 79.9. The van der Waals surface area contributed by atoms with Crippen LogP contribution in [0.2, 0.25) is 0 Å². The van der Waals surface area contributed by atoms with Crippen LogP contribution in [0.5, 0.6) is 0 Å². The topological polar surface area (TPSA) is 110 Å². The maximum atomic E-state index is 12.7. The number of benzene rings is 1. The number of rotatable bonds is 7. The first-order chi connectivity index (χ1) is 12.3. The van der Waals surface area contributed by atoms with Crippen molar-refractivity contribution in [2.75, 3.05) is 37.9 Å². The first-order valence-electron chi connectivity index (χ1n) is 7.88. The Labute approximate surface area is 158 Å². The van der Waals surface area contributed by atoms with Crippen LogP contribution in [0.3, 0.4) is 0 Å². The van der Waals surface area contributed by atoms with Gasteiger partial charge in [0.1, 0.15) is 11.4 Å². The van der Waals surface area contributed by atoms with Crippen molar-refractivity contribution in [1.82, 2.24) is 9.55 Å². The third kappa shape index (κ3) is 4.23. The Morgan fingerprint density at radius 3 is 2.69 bits per heavy atom. The average Bonchev–Trinajstić information content (AvgIpc) is 2.56. The Balaban J connectivity index is 2.32. The highest BCUT2D eigenvalue weighted by Crippen LogP contribution is 2.22. The van der Waals surface area contributed by atoms with Gasteiger partial charge in [-0.25, -0.2) is 4.79 Å². The van der Waals surface area contributed by atoms with Gasteiger partial charge in [0.15, 0.2) is 5.78 Å². The van der Waals surface area contributed by atoms with Crippen LogP contribution in [0.15, 0.2) is 32.3 Å². The van der Waals surface area contributed by atoms with Gasteiger partial charge in [0.2, 0.25) is 0 Å². The van der Waals surface area contributed by atoms with Gasteiger partial charge >= 0.3 is 5.69 Å². The van der Waals surface area contributed by atoms with Crippen molar-refractivity contribution < 1.29 is 9.53 Å². The number of Topliss-reactive ketones (excluding diaryl/α,β-unsaturated/α-hetero) is 1. The molecule has 0 aliphatic heterocycles. The lowest BCUT2D eigenvalue weighted by Gasteiger charge is -2.20. The number of halogens is 1. The Kier molecular flexibility index (Phi) is 6.38. The quantitative estimate of drug-likeness (QED) is 0.645. The van der Waals surface area contributed by atoms with E-state index in [0.717, 1.165) is 20.3 Å². The summed E-state index contributed by atoms with van der Waals surface area (Å²) in [5.41, 5.74) is 6.09. The Morgan fingerprint density at radius 2 is 2.08 bits per heavy atom. The summed E-state index contributed by atoms with van der Waals surface area (Å²) in [6.45, 7) is 2.25. The van der Waals surface area contributed by atoms with Gasteiger partial charge in [-0.3, -0.25) is 19.1 Å². The Morgan fingerprint density at radius 1 is 1.38 bits per heavy atom. The second kappa shape index (κ2) is 8.33. The molecule has 0 bridgehead atoms. The fourth-order valence-electron chi connectivity index (χ4n) is 2.51. The van der Waals surface area contributed by atoms with E-state index < -0.39 is 17.0 Å². The molecule has 9 heteroatoms. The number of nitrogens with one attached hydrogen (secondary N) is 1. The predicted octanol–water partition coefficient (Wildman–Crippen LogP) is 1.16. The molecule has 1 aromatic heterocycles. The number of hydrogen-bond donors (Lipinski definition) is 2. The maximum Gasteiger partial charge on any atom is 0.330 e. The van der Waals surface area contributed by atoms with Gasteiger partial charge in [-0.1, -0.05) is 15.9 Å². The summed E-state index contributed by atoms with van der Waals surface area (Å²) >= 11 is 3.43. The van der Waals surface area contributed by atoms with Gasteiger partial charge in [-0.2, -0.15) is 0 Å². The van der Waals surface area contributed by atoms with E-state index in [0.29, 0.717) is 0 Å². The van der Waals surface area contributed by atoms with Crippen LogP contribution in [-0.2, 0) is 11.3 Å². The molecule has 26 heavy (non-hydrogen) atoms. The van der Waals surface area contributed by atoms with Crippen LogP contribution < -0.4 is 21.9 Å². The summed E-state index contributed by atoms with van der Waals surface area (Å²) < 4.78 is 7.02. The van der Waals surface area contributed by atoms with Crippen molar-refractivity contribution in [1.29, 1.82) is 0 Å². The van der Waals surface area contributed by atoms with Crippen molar-refractivity contribution in [3.05, 3.63) is 54.6 Å². The van der Waals surface area contributed by atoms with E-state index in [9.17, 15) is 14.4 Å². The van der Waals surface area contributed by atoms with E-state index in [1.165, 1.54) is 7.11 Å². The zero-order chi connectivity index (χ0) is 19.4. The number of aromatic nitrogens is 2. The van der Waals surface area contributed by atoms with Crippen LogP contribution in [0.4, 0.5) is 11.5 Å². The largest absolute Gasteiger partial charge is 0.384 e. The monoisotopic (exact) mass is 424 g/mol. The molecule has 140 valence electrons. The lowest BCUT2D eigenvalue weighted by molar-refractivity contribution is 0.0998. The van der Waals surface area contributed by atoms with Crippen molar-refractivity contribution in [3.63, 3.8) is 0 Å². The third-order valence-corrected chi connectivity index (χ3v) is 4.89. The maximum absolute atomic E-state index is 12.7. The normalized spacial score (nSPS) is 10.8. The summed E-state index contributed by atoms with van der Waals surface area (Å²) in [5.74, 6) is -0.626. The van der Waals surface area contributed by atoms with Gasteiger partial charge in [-0.15, -0.1) is 0 Å². The third-order valence-electron chi connectivity index (χ3n) is 4.00. The second-order valence-electron chi connectivity index (χ2n) is 5.88. The first-order valence-corrected chi connectivity index (χ1v) is 8.67. The fourth-order valence-corrected chi connectivity index (χ4v) is 2.76. The van der Waals surface area contributed by atoms with Crippen molar-refractivity contribution >= 4 is 33.2 Å². The smallest absolute Gasteiger partial charge is 0.330 e. The standard InChI is InChI=1S/C17H21BrN4O4/c1-10-8-11(4-5-12(10)18)21(2)9-13(23)14-15(19)22(6-7-26-3)17(25)20-16(14)24/h4-5,8H,6-7,9,19H2,1-3H3,(H,20,24,25). The van der Waals surface area contributed by atoms with E-state index >= 15 is 0 Å². The van der Waals surface area contributed by atoms with Crippen molar-refractivity contribution in [3.8, 4) is 0 Å². The molecule has 8 nitrogen and oxygen atoms in total. The lowest BCUT2D eigenvalue weighted by atomic mass is 10.1. The molecule has 0 radical (unpaired) electrons. The number of aromatic amines is 1. The van der Waals surface area contributed by atoms with E-state index in [1.54, 1.807) is 11.9 Å². The van der Waals surface area contributed by atoms with E-state index in [-0.39, 0.29) is 31.1 Å². The van der Waals surface area contributed by atoms with Gasteiger partial charge < -0.3 is 15.4 Å². The molecule has 0 atom stereocenters. The molecule has 2 rings (SSSR count). The zero-order valence-corrected chi connectivity index (χ0v) is 16.4. The summed E-state index contributed by atoms with van der Waals surface area (Å²) in [6.07, 6.45) is 0. The van der Waals surface area contributed by atoms with Crippen LogP contribution >= 0.6 is 15.9 Å². The molecular weight excluding hydrogens is 404 g/mol. The van der Waals surface area contributed by atoms with Crippen LogP contribution in [-0.4, -0.2) is 42.6 Å². The molecule has 0 saturated carbocycles. The van der Waals surface area contributed by atoms with E-state index in [1.807, 2.05) is 25.1 Å². The fraction of sp³-hybridized carbons (Fsp3) is 0.353. The van der Waals surface area contributed by atoms with E-state index in [4.69, 9.17) is 10.5 Å². The second-order valence-corrected chi connectivity index (χ2v) is 6.73. The molecule has 0 fully saturated rings. The number of anilines is 2. The lowest BCUT2D eigenvalue weighted by Crippen LogP contribution is -2.39. The molecule has 2 aromatic rings. The van der Waals surface area contributed by atoms with Gasteiger partial charge in [0.25, 0.3) is 5.56 Å². The number of ether oxygens (including phenoxy) is 1. The van der Waals surface area contributed by atoms with E-state index in [2.05, 4.69) is 20.9 Å². The number of nitrogens with zero attached hydrogens (tertiary/aromatic N) is 2. The van der Waals surface area contributed by atoms with Gasteiger partial charge in [0, 0.05) is 24.3 Å². The molecule has 0 amide bonds. The number of methoxy groups -OCH3 is 1. The summed E-state index contributed by atoms with van der Waals surface area (Å²) in [4.78, 5) is 40.5. The van der Waals surface area contributed by atoms with Gasteiger partial charge in [0.05, 0.1) is 19.7 Å². The number of carbonyl (C=O) groups is 1. The molecule has 0 unspecified atom stereocenters. The number of carbonyl (C=O) groups excluding carboxylic acids is 1. The number of nitrogens with two attached hydrogens (primary N) is 1. The Bertz CT molecular complexity index is 935. The number of ketones is 1.